The Balaban J connectivity index is 2.96. The zero-order valence-electron chi connectivity index (χ0n) is 6.79. The molecular weight excluding hydrogens is 156 g/mol. The van der Waals surface area contributed by atoms with Crippen molar-refractivity contribution >= 4 is 12.2 Å². The molecule has 60 valence electrons. The minimum atomic E-state index is 0.470. The highest BCUT2D eigenvalue weighted by Crippen LogP contribution is 2.12. The smallest absolute Gasteiger partial charge is 0.109 e. The summed E-state index contributed by atoms with van der Waals surface area (Å²) in [4.78, 5) is 7.25. The van der Waals surface area contributed by atoms with Crippen LogP contribution in [0.15, 0.2) is 12.3 Å². The maximum absolute atomic E-state index is 4.97. The molecule has 0 amide bonds. The van der Waals surface area contributed by atoms with Crippen molar-refractivity contribution in [1.82, 2.24) is 9.97 Å². The maximum Gasteiger partial charge on any atom is 0.109 e. The van der Waals surface area contributed by atoms with Gasteiger partial charge in [0.1, 0.15) is 10.5 Å². The van der Waals surface area contributed by atoms with Crippen LogP contribution in [-0.2, 0) is 0 Å². The third kappa shape index (κ3) is 2.12. The van der Waals surface area contributed by atoms with Crippen molar-refractivity contribution in [3.05, 3.63) is 22.7 Å². The van der Waals surface area contributed by atoms with E-state index in [0.717, 1.165) is 16.9 Å². The summed E-state index contributed by atoms with van der Waals surface area (Å²) >= 11 is 4.97. The monoisotopic (exact) mass is 168 g/mol. The molecule has 1 aromatic heterocycles. The molecular formula is C8H12N2S. The lowest BCUT2D eigenvalue weighted by Crippen LogP contribution is -1.98. The highest BCUT2D eigenvalue weighted by atomic mass is 32.1. The second-order valence-corrected chi connectivity index (χ2v) is 3.07. The Morgan fingerprint density at radius 3 is 3.00 bits per heavy atom. The van der Waals surface area contributed by atoms with Crippen LogP contribution in [-0.4, -0.2) is 9.97 Å². The van der Waals surface area contributed by atoms with Crippen LogP contribution in [0.5, 0.6) is 0 Å². The molecule has 1 rings (SSSR count). The van der Waals surface area contributed by atoms with E-state index in [4.69, 9.17) is 12.2 Å². The first-order chi connectivity index (χ1) is 5.24. The van der Waals surface area contributed by atoms with Gasteiger partial charge in [-0.2, -0.15) is 0 Å². The topological polar surface area (TPSA) is 28.7 Å². The molecule has 2 nitrogen and oxygen atoms in total. The molecule has 1 atom stereocenters. The summed E-state index contributed by atoms with van der Waals surface area (Å²) in [5.41, 5.74) is 0. The Morgan fingerprint density at radius 2 is 2.45 bits per heavy atom. The van der Waals surface area contributed by atoms with Crippen molar-refractivity contribution in [3.63, 3.8) is 0 Å². The second-order valence-electron chi connectivity index (χ2n) is 2.63. The number of nitrogens with one attached hydrogen (secondary N) is 1. The van der Waals surface area contributed by atoms with E-state index >= 15 is 0 Å². The van der Waals surface area contributed by atoms with E-state index in [2.05, 4.69) is 23.8 Å². The quantitative estimate of drug-likeness (QED) is 0.688. The highest BCUT2D eigenvalue weighted by Gasteiger charge is 2.02. The van der Waals surface area contributed by atoms with Crippen molar-refractivity contribution in [1.29, 1.82) is 0 Å². The first-order valence-corrected chi connectivity index (χ1v) is 4.20. The molecule has 0 aromatic carbocycles. The van der Waals surface area contributed by atoms with Crippen molar-refractivity contribution in [2.24, 2.45) is 0 Å². The van der Waals surface area contributed by atoms with Crippen molar-refractivity contribution in [2.45, 2.75) is 26.2 Å². The van der Waals surface area contributed by atoms with E-state index in [1.54, 1.807) is 12.3 Å². The Hall–Kier alpha value is -0.700. The third-order valence-electron chi connectivity index (χ3n) is 1.77. The van der Waals surface area contributed by atoms with Crippen LogP contribution in [0.3, 0.4) is 0 Å². The van der Waals surface area contributed by atoms with E-state index in [1.165, 1.54) is 0 Å². The largest absolute Gasteiger partial charge is 0.335 e. The van der Waals surface area contributed by atoms with Gasteiger partial charge in [0.25, 0.3) is 0 Å². The molecule has 0 saturated heterocycles. The van der Waals surface area contributed by atoms with Crippen molar-refractivity contribution < 1.29 is 0 Å². The summed E-state index contributed by atoms with van der Waals surface area (Å²) in [6.45, 7) is 4.27. The molecule has 1 unspecified atom stereocenters. The molecule has 0 radical (unpaired) electrons. The zero-order valence-corrected chi connectivity index (χ0v) is 7.61. The average Bonchev–Trinajstić information content (AvgIpc) is 2.03. The first-order valence-electron chi connectivity index (χ1n) is 3.79. The molecule has 1 N–H and O–H groups in total. The minimum Gasteiger partial charge on any atom is -0.335 e. The molecule has 11 heavy (non-hydrogen) atoms. The number of aromatic amines is 1. The van der Waals surface area contributed by atoms with Gasteiger partial charge in [0.2, 0.25) is 0 Å². The predicted molar refractivity (Wildman–Crippen MR) is 48.1 cm³/mol. The van der Waals surface area contributed by atoms with Gasteiger partial charge in [-0.05, 0) is 12.5 Å². The number of aromatic nitrogens is 2. The third-order valence-corrected chi connectivity index (χ3v) is 2.01. The number of H-pyrrole nitrogens is 1. The van der Waals surface area contributed by atoms with Crippen LogP contribution in [0, 0.1) is 4.64 Å². The van der Waals surface area contributed by atoms with Crippen LogP contribution in [0.25, 0.3) is 0 Å². The standard InChI is InChI=1S/C8H12N2S/c1-3-6(2)8-9-5-4-7(11)10-8/h4-6H,3H2,1-2H3,(H,9,10,11). The van der Waals surface area contributed by atoms with E-state index in [9.17, 15) is 0 Å². The van der Waals surface area contributed by atoms with Gasteiger partial charge in [-0.1, -0.05) is 26.1 Å². The lowest BCUT2D eigenvalue weighted by molar-refractivity contribution is 0.676. The Bertz CT molecular complexity index is 279. The van der Waals surface area contributed by atoms with Gasteiger partial charge >= 0.3 is 0 Å². The summed E-state index contributed by atoms with van der Waals surface area (Å²) in [5.74, 6) is 1.46. The second kappa shape index (κ2) is 3.62. The first kappa shape index (κ1) is 8.40. The average molecular weight is 168 g/mol. The van der Waals surface area contributed by atoms with Crippen LogP contribution in [0.1, 0.15) is 32.0 Å². The van der Waals surface area contributed by atoms with Crippen LogP contribution in [0.2, 0.25) is 0 Å². The maximum atomic E-state index is 4.97. The predicted octanol–water partition coefficient (Wildman–Crippen LogP) is 2.65. The minimum absolute atomic E-state index is 0.470. The SMILES string of the molecule is CCC(C)c1nccc(=S)[nH]1. The summed E-state index contributed by atoms with van der Waals surface area (Å²) in [6, 6.07) is 1.79. The normalized spacial score (nSPS) is 12.9. The molecule has 0 aliphatic heterocycles. The van der Waals surface area contributed by atoms with Crippen LogP contribution >= 0.6 is 12.2 Å². The molecule has 0 spiro atoms. The van der Waals surface area contributed by atoms with Crippen LogP contribution < -0.4 is 0 Å². The summed E-state index contributed by atoms with van der Waals surface area (Å²) < 4.78 is 0.760. The lowest BCUT2D eigenvalue weighted by Gasteiger charge is -2.05. The van der Waals surface area contributed by atoms with Crippen molar-refractivity contribution in [3.8, 4) is 0 Å². The summed E-state index contributed by atoms with van der Waals surface area (Å²) in [7, 11) is 0. The van der Waals surface area contributed by atoms with Gasteiger partial charge in [0.05, 0.1) is 0 Å². The summed E-state index contributed by atoms with van der Waals surface area (Å²) in [6.07, 6.45) is 2.84. The molecule has 0 aliphatic rings. The molecule has 0 aliphatic carbocycles. The van der Waals surface area contributed by atoms with Gasteiger partial charge in [-0.15, -0.1) is 0 Å². The fraction of sp³-hybridized carbons (Fsp3) is 0.500. The van der Waals surface area contributed by atoms with Gasteiger partial charge in [0.15, 0.2) is 0 Å². The Morgan fingerprint density at radius 1 is 1.73 bits per heavy atom. The van der Waals surface area contributed by atoms with Gasteiger partial charge in [-0.3, -0.25) is 0 Å². The van der Waals surface area contributed by atoms with Gasteiger partial charge in [-0.25, -0.2) is 4.98 Å². The zero-order chi connectivity index (χ0) is 8.27. The van der Waals surface area contributed by atoms with E-state index in [-0.39, 0.29) is 0 Å². The van der Waals surface area contributed by atoms with E-state index in [1.807, 2.05) is 0 Å². The lowest BCUT2D eigenvalue weighted by atomic mass is 10.1. The molecule has 3 heteroatoms. The Labute approximate surface area is 71.7 Å². The molecule has 0 saturated carbocycles. The molecule has 0 bridgehead atoms. The number of nitrogens with zero attached hydrogens (tertiary/aromatic N) is 1. The fourth-order valence-corrected chi connectivity index (χ4v) is 0.995. The number of hydrogen-bond acceptors (Lipinski definition) is 2. The molecule has 1 heterocycles. The fourth-order valence-electron chi connectivity index (χ4n) is 0.829. The highest BCUT2D eigenvalue weighted by molar-refractivity contribution is 7.71. The van der Waals surface area contributed by atoms with Gasteiger partial charge in [0, 0.05) is 12.1 Å². The molecule has 1 aromatic rings. The van der Waals surface area contributed by atoms with E-state index in [0.29, 0.717) is 5.92 Å². The number of hydrogen-bond donors (Lipinski definition) is 1. The number of rotatable bonds is 2. The summed E-state index contributed by atoms with van der Waals surface area (Å²) in [5, 5.41) is 0. The van der Waals surface area contributed by atoms with Crippen LogP contribution in [0.4, 0.5) is 0 Å². The Kier molecular flexibility index (Phi) is 2.76. The van der Waals surface area contributed by atoms with Crippen molar-refractivity contribution in [2.75, 3.05) is 0 Å². The van der Waals surface area contributed by atoms with E-state index < -0.39 is 0 Å². The molecule has 0 fully saturated rings. The van der Waals surface area contributed by atoms with Gasteiger partial charge < -0.3 is 4.98 Å².